The monoisotopic (exact) mass is 424 g/mol. The SMILES string of the molecule is CCCCCCCCCCCCNC(=O)OCc1cc(OC)c(OC)cc1[N+](=O)[O-]. The van der Waals surface area contributed by atoms with Crippen LogP contribution in [0.25, 0.3) is 0 Å². The molecule has 0 unspecified atom stereocenters. The first-order valence-electron chi connectivity index (χ1n) is 10.8. The van der Waals surface area contributed by atoms with Gasteiger partial charge in [-0.15, -0.1) is 0 Å². The van der Waals surface area contributed by atoms with Crippen molar-refractivity contribution in [3.05, 3.63) is 27.8 Å². The number of ether oxygens (including phenoxy) is 3. The van der Waals surface area contributed by atoms with Crippen LogP contribution in [0.1, 0.15) is 76.7 Å². The molecular weight excluding hydrogens is 388 g/mol. The molecule has 1 amide bonds. The van der Waals surface area contributed by atoms with Gasteiger partial charge in [-0.3, -0.25) is 10.1 Å². The smallest absolute Gasteiger partial charge is 0.407 e. The molecule has 8 heteroatoms. The maximum Gasteiger partial charge on any atom is 0.407 e. The van der Waals surface area contributed by atoms with Crippen molar-refractivity contribution in [2.24, 2.45) is 0 Å². The van der Waals surface area contributed by atoms with E-state index in [9.17, 15) is 14.9 Å². The molecule has 8 nitrogen and oxygen atoms in total. The van der Waals surface area contributed by atoms with Crippen LogP contribution in [0.4, 0.5) is 10.5 Å². The number of nitrogens with one attached hydrogen (secondary N) is 1. The number of nitrogens with zero attached hydrogens (tertiary/aromatic N) is 1. The van der Waals surface area contributed by atoms with Gasteiger partial charge in [0, 0.05) is 6.54 Å². The zero-order chi connectivity index (χ0) is 22.2. The van der Waals surface area contributed by atoms with Crippen LogP contribution >= 0.6 is 0 Å². The van der Waals surface area contributed by atoms with Gasteiger partial charge in [0.2, 0.25) is 0 Å². The fourth-order valence-corrected chi connectivity index (χ4v) is 3.19. The van der Waals surface area contributed by atoms with E-state index in [0.29, 0.717) is 12.3 Å². The summed E-state index contributed by atoms with van der Waals surface area (Å²) in [7, 11) is 2.84. The number of nitro benzene ring substituents is 1. The molecule has 0 heterocycles. The Kier molecular flexibility index (Phi) is 13.1. The molecule has 0 aliphatic rings. The molecule has 170 valence electrons. The molecule has 0 fully saturated rings. The van der Waals surface area contributed by atoms with Gasteiger partial charge in [-0.05, 0) is 12.5 Å². The third kappa shape index (κ3) is 9.80. The second-order valence-corrected chi connectivity index (χ2v) is 7.28. The van der Waals surface area contributed by atoms with E-state index in [2.05, 4.69) is 12.2 Å². The van der Waals surface area contributed by atoms with Crippen LogP contribution in [0, 0.1) is 10.1 Å². The Balaban J connectivity index is 2.26. The fraction of sp³-hybridized carbons (Fsp3) is 0.682. The number of unbranched alkanes of at least 4 members (excludes halogenated alkanes) is 9. The van der Waals surface area contributed by atoms with Gasteiger partial charge in [0.25, 0.3) is 5.69 Å². The molecule has 0 radical (unpaired) electrons. The molecular formula is C22H36N2O6. The molecule has 0 saturated heterocycles. The number of benzene rings is 1. The van der Waals surface area contributed by atoms with Crippen LogP contribution in [-0.4, -0.2) is 31.8 Å². The van der Waals surface area contributed by atoms with Gasteiger partial charge >= 0.3 is 6.09 Å². The number of hydrogen-bond acceptors (Lipinski definition) is 6. The Bertz CT molecular complexity index is 651. The molecule has 1 aromatic carbocycles. The normalized spacial score (nSPS) is 10.5. The predicted molar refractivity (Wildman–Crippen MR) is 116 cm³/mol. The zero-order valence-electron chi connectivity index (χ0n) is 18.5. The van der Waals surface area contributed by atoms with Crippen molar-refractivity contribution >= 4 is 11.8 Å². The van der Waals surface area contributed by atoms with Crippen molar-refractivity contribution in [1.82, 2.24) is 5.32 Å². The highest BCUT2D eigenvalue weighted by Gasteiger charge is 2.20. The summed E-state index contributed by atoms with van der Waals surface area (Å²) < 4.78 is 15.4. The summed E-state index contributed by atoms with van der Waals surface area (Å²) in [5, 5.41) is 14.0. The number of methoxy groups -OCH3 is 2. The van der Waals surface area contributed by atoms with Gasteiger partial charge in [-0.1, -0.05) is 64.7 Å². The number of rotatable bonds is 16. The maximum absolute atomic E-state index is 11.9. The predicted octanol–water partition coefficient (Wildman–Crippen LogP) is 5.76. The van der Waals surface area contributed by atoms with Gasteiger partial charge in [0.1, 0.15) is 6.61 Å². The number of alkyl carbamates (subject to hydrolysis) is 1. The third-order valence-electron chi connectivity index (χ3n) is 4.94. The Labute approximate surface area is 179 Å². The second-order valence-electron chi connectivity index (χ2n) is 7.28. The molecule has 0 spiro atoms. The highest BCUT2D eigenvalue weighted by atomic mass is 16.6. The minimum atomic E-state index is -0.588. The molecule has 0 saturated carbocycles. The lowest BCUT2D eigenvalue weighted by molar-refractivity contribution is -0.385. The van der Waals surface area contributed by atoms with Gasteiger partial charge in [-0.2, -0.15) is 0 Å². The lowest BCUT2D eigenvalue weighted by atomic mass is 10.1. The summed E-state index contributed by atoms with van der Waals surface area (Å²) in [5.41, 5.74) is 0.0573. The van der Waals surface area contributed by atoms with Gasteiger partial charge in [0.15, 0.2) is 11.5 Å². The average Bonchev–Trinajstić information content (AvgIpc) is 2.75. The van der Waals surface area contributed by atoms with Crippen molar-refractivity contribution in [2.75, 3.05) is 20.8 Å². The molecule has 0 aliphatic carbocycles. The summed E-state index contributed by atoms with van der Waals surface area (Å²) in [6.45, 7) is 2.54. The summed E-state index contributed by atoms with van der Waals surface area (Å²) in [5.74, 6) is 0.589. The first kappa shape index (κ1) is 25.5. The first-order chi connectivity index (χ1) is 14.5. The van der Waals surface area contributed by atoms with Crippen molar-refractivity contribution in [3.8, 4) is 11.5 Å². The van der Waals surface area contributed by atoms with E-state index in [1.165, 1.54) is 77.7 Å². The first-order valence-corrected chi connectivity index (χ1v) is 10.8. The van der Waals surface area contributed by atoms with Crippen LogP contribution in [0.5, 0.6) is 11.5 Å². The fourth-order valence-electron chi connectivity index (χ4n) is 3.19. The third-order valence-corrected chi connectivity index (χ3v) is 4.94. The van der Waals surface area contributed by atoms with Crippen molar-refractivity contribution in [1.29, 1.82) is 0 Å². The summed E-state index contributed by atoms with van der Waals surface area (Å²) >= 11 is 0. The lowest BCUT2D eigenvalue weighted by Gasteiger charge is -2.11. The van der Waals surface area contributed by atoms with Crippen LogP contribution in [-0.2, 0) is 11.3 Å². The van der Waals surface area contributed by atoms with Crippen LogP contribution in [0.15, 0.2) is 12.1 Å². The molecule has 0 bridgehead atoms. The number of carbonyl (C=O) groups is 1. The Morgan fingerprint density at radius 2 is 1.47 bits per heavy atom. The molecule has 0 aliphatic heterocycles. The highest BCUT2D eigenvalue weighted by Crippen LogP contribution is 2.34. The summed E-state index contributed by atoms with van der Waals surface area (Å²) in [4.78, 5) is 22.6. The lowest BCUT2D eigenvalue weighted by Crippen LogP contribution is -2.25. The number of carbonyl (C=O) groups excluding carboxylic acids is 1. The minimum Gasteiger partial charge on any atom is -0.493 e. The van der Waals surface area contributed by atoms with E-state index in [4.69, 9.17) is 14.2 Å². The maximum atomic E-state index is 11.9. The Hall–Kier alpha value is -2.51. The number of nitro groups is 1. The van der Waals surface area contributed by atoms with Crippen LogP contribution in [0.3, 0.4) is 0 Å². The highest BCUT2D eigenvalue weighted by molar-refractivity contribution is 5.67. The van der Waals surface area contributed by atoms with E-state index < -0.39 is 11.0 Å². The van der Waals surface area contributed by atoms with Gasteiger partial charge in [0.05, 0.1) is 30.8 Å². The van der Waals surface area contributed by atoms with Gasteiger partial charge < -0.3 is 19.5 Å². The van der Waals surface area contributed by atoms with Gasteiger partial charge in [-0.25, -0.2) is 4.79 Å². The zero-order valence-corrected chi connectivity index (χ0v) is 18.5. The topological polar surface area (TPSA) is 99.9 Å². The second kappa shape index (κ2) is 15.3. The van der Waals surface area contributed by atoms with E-state index in [1.807, 2.05) is 0 Å². The molecule has 0 aromatic heterocycles. The Morgan fingerprint density at radius 1 is 0.933 bits per heavy atom. The largest absolute Gasteiger partial charge is 0.493 e. The van der Waals surface area contributed by atoms with Crippen molar-refractivity contribution in [2.45, 2.75) is 77.7 Å². The van der Waals surface area contributed by atoms with E-state index >= 15 is 0 Å². The molecule has 30 heavy (non-hydrogen) atoms. The Morgan fingerprint density at radius 3 is 2.00 bits per heavy atom. The molecule has 0 atom stereocenters. The van der Waals surface area contributed by atoms with Crippen molar-refractivity contribution in [3.63, 3.8) is 0 Å². The average molecular weight is 425 g/mol. The number of hydrogen-bond donors (Lipinski definition) is 1. The van der Waals surface area contributed by atoms with Crippen LogP contribution < -0.4 is 14.8 Å². The number of amides is 1. The van der Waals surface area contributed by atoms with Crippen molar-refractivity contribution < 1.29 is 23.9 Å². The minimum absolute atomic E-state index is 0.185. The van der Waals surface area contributed by atoms with E-state index in [-0.39, 0.29) is 23.6 Å². The molecule has 1 rings (SSSR count). The van der Waals surface area contributed by atoms with Crippen LogP contribution in [0.2, 0.25) is 0 Å². The van der Waals surface area contributed by atoms with E-state index in [0.717, 1.165) is 12.8 Å². The molecule has 1 aromatic rings. The summed E-state index contributed by atoms with van der Waals surface area (Å²) in [6.07, 6.45) is 11.7. The molecule has 1 N–H and O–H groups in total. The summed E-state index contributed by atoms with van der Waals surface area (Å²) in [6, 6.07) is 2.71. The standard InChI is InChI=1S/C22H36N2O6/c1-4-5-6-7-8-9-10-11-12-13-14-23-22(25)30-17-18-15-20(28-2)21(29-3)16-19(18)24(26)27/h15-16H,4-14,17H2,1-3H3,(H,23,25). The quantitative estimate of drug-likeness (QED) is 0.206. The van der Waals surface area contributed by atoms with E-state index in [1.54, 1.807) is 0 Å².